The van der Waals surface area contributed by atoms with Gasteiger partial charge >= 0.3 is 0 Å². The van der Waals surface area contributed by atoms with Gasteiger partial charge in [0.25, 0.3) is 0 Å². The number of rotatable bonds is 2. The summed E-state index contributed by atoms with van der Waals surface area (Å²) >= 11 is 9.20. The minimum Gasteiger partial charge on any atom is -0.271 e. The lowest BCUT2D eigenvalue weighted by molar-refractivity contribution is 0.741. The fraction of sp³-hybridized carbons (Fsp3) is 0.143. The van der Waals surface area contributed by atoms with Crippen LogP contribution in [0.4, 0.5) is 0 Å². The van der Waals surface area contributed by atoms with E-state index in [1.807, 2.05) is 18.2 Å². The molecule has 0 radical (unpaired) electrons. The molecule has 0 aromatic heterocycles. The maximum absolute atomic E-state index is 5.86. The zero-order valence-corrected chi connectivity index (χ0v) is 8.11. The average molecular weight is 236 g/mol. The summed E-state index contributed by atoms with van der Waals surface area (Å²) in [6.45, 7) is 0.582. The zero-order valence-electron chi connectivity index (χ0n) is 5.77. The number of nitrogens with one attached hydrogen (secondary N) is 1. The summed E-state index contributed by atoms with van der Waals surface area (Å²) in [5.41, 5.74) is 3.54. The van der Waals surface area contributed by atoms with Crippen LogP contribution in [0.1, 0.15) is 5.56 Å². The normalized spacial score (nSPS) is 10.1. The molecule has 2 nitrogen and oxygen atoms in total. The minimum absolute atomic E-state index is 0.582. The number of halogens is 2. The molecule has 0 atom stereocenters. The van der Waals surface area contributed by atoms with Crippen molar-refractivity contribution in [3.05, 3.63) is 33.3 Å². The summed E-state index contributed by atoms with van der Waals surface area (Å²) in [5.74, 6) is 5.16. The number of hydrogen-bond donors (Lipinski definition) is 2. The molecule has 0 unspecified atom stereocenters. The molecule has 1 aromatic carbocycles. The molecule has 0 saturated carbocycles. The highest BCUT2D eigenvalue weighted by Gasteiger charge is 1.98. The van der Waals surface area contributed by atoms with Crippen molar-refractivity contribution in [1.82, 2.24) is 5.43 Å². The molecule has 4 heteroatoms. The summed E-state index contributed by atoms with van der Waals surface area (Å²) in [5, 5.41) is 0.728. The molecule has 1 rings (SSSR count). The first-order valence-corrected chi connectivity index (χ1v) is 4.28. The summed E-state index contributed by atoms with van der Waals surface area (Å²) in [4.78, 5) is 0. The molecule has 1 aromatic rings. The van der Waals surface area contributed by atoms with Crippen molar-refractivity contribution < 1.29 is 0 Å². The molecule has 0 bridgehead atoms. The number of benzene rings is 1. The Bertz CT molecular complexity index is 252. The Kier molecular flexibility index (Phi) is 3.33. The summed E-state index contributed by atoms with van der Waals surface area (Å²) in [6, 6.07) is 5.66. The molecule has 0 spiro atoms. The van der Waals surface area contributed by atoms with E-state index in [9.17, 15) is 0 Å². The lowest BCUT2D eigenvalue weighted by Gasteiger charge is -2.02. The first-order chi connectivity index (χ1) is 5.24. The number of hydrazine groups is 1. The lowest BCUT2D eigenvalue weighted by Crippen LogP contribution is -2.20. The SMILES string of the molecule is NNCc1cc(Br)ccc1Cl. The standard InChI is InChI=1S/C7H8BrClN2/c8-6-1-2-7(9)5(3-6)4-11-10/h1-3,11H,4,10H2. The van der Waals surface area contributed by atoms with Crippen LogP contribution in [0.3, 0.4) is 0 Å². The van der Waals surface area contributed by atoms with E-state index < -0.39 is 0 Å². The fourth-order valence-electron chi connectivity index (χ4n) is 0.789. The van der Waals surface area contributed by atoms with Crippen LogP contribution in [0.2, 0.25) is 5.02 Å². The van der Waals surface area contributed by atoms with Crippen molar-refractivity contribution in [2.45, 2.75) is 6.54 Å². The molecule has 0 aliphatic heterocycles. The van der Waals surface area contributed by atoms with Crippen molar-refractivity contribution in [3.8, 4) is 0 Å². The molecule has 0 aliphatic carbocycles. The van der Waals surface area contributed by atoms with Crippen molar-refractivity contribution in [2.24, 2.45) is 5.84 Å². The van der Waals surface area contributed by atoms with Crippen LogP contribution < -0.4 is 11.3 Å². The zero-order chi connectivity index (χ0) is 8.27. The van der Waals surface area contributed by atoms with Crippen LogP contribution >= 0.6 is 27.5 Å². The van der Waals surface area contributed by atoms with Gasteiger partial charge in [-0.1, -0.05) is 27.5 Å². The predicted molar refractivity (Wildman–Crippen MR) is 50.2 cm³/mol. The van der Waals surface area contributed by atoms with E-state index in [1.165, 1.54) is 0 Å². The quantitative estimate of drug-likeness (QED) is 0.608. The number of hydrogen-bond acceptors (Lipinski definition) is 2. The fourth-order valence-corrected chi connectivity index (χ4v) is 1.38. The Morgan fingerprint density at radius 2 is 2.27 bits per heavy atom. The van der Waals surface area contributed by atoms with Crippen LogP contribution in [0, 0.1) is 0 Å². The molecule has 0 aliphatic rings. The van der Waals surface area contributed by atoms with Crippen molar-refractivity contribution in [3.63, 3.8) is 0 Å². The van der Waals surface area contributed by atoms with Gasteiger partial charge < -0.3 is 0 Å². The van der Waals surface area contributed by atoms with Crippen molar-refractivity contribution >= 4 is 27.5 Å². The third-order valence-corrected chi connectivity index (χ3v) is 2.16. The molecule has 0 saturated heterocycles. The maximum Gasteiger partial charge on any atom is 0.0452 e. The van der Waals surface area contributed by atoms with Crippen molar-refractivity contribution in [1.29, 1.82) is 0 Å². The Hall–Kier alpha value is -0.0900. The summed E-state index contributed by atoms with van der Waals surface area (Å²) in [6.07, 6.45) is 0. The topological polar surface area (TPSA) is 38.0 Å². The van der Waals surface area contributed by atoms with E-state index in [2.05, 4.69) is 21.4 Å². The van der Waals surface area contributed by atoms with E-state index in [0.717, 1.165) is 15.1 Å². The van der Waals surface area contributed by atoms with E-state index >= 15 is 0 Å². The average Bonchev–Trinajstić information content (AvgIpc) is 1.98. The molecule has 0 amide bonds. The first-order valence-electron chi connectivity index (χ1n) is 3.11. The molecule has 0 fully saturated rings. The van der Waals surface area contributed by atoms with Gasteiger partial charge in [-0.2, -0.15) is 0 Å². The van der Waals surface area contributed by atoms with Crippen LogP contribution in [0.5, 0.6) is 0 Å². The van der Waals surface area contributed by atoms with Gasteiger partial charge in [-0.3, -0.25) is 11.3 Å². The van der Waals surface area contributed by atoms with E-state index in [0.29, 0.717) is 6.54 Å². The van der Waals surface area contributed by atoms with Gasteiger partial charge in [0.1, 0.15) is 0 Å². The van der Waals surface area contributed by atoms with Gasteiger partial charge in [-0.05, 0) is 23.8 Å². The second-order valence-electron chi connectivity index (χ2n) is 2.12. The number of nitrogens with two attached hydrogens (primary N) is 1. The van der Waals surface area contributed by atoms with E-state index in [1.54, 1.807) is 0 Å². The van der Waals surface area contributed by atoms with Gasteiger partial charge in [0.05, 0.1) is 0 Å². The highest BCUT2D eigenvalue weighted by molar-refractivity contribution is 9.10. The summed E-state index contributed by atoms with van der Waals surface area (Å²) < 4.78 is 1.01. The van der Waals surface area contributed by atoms with Gasteiger partial charge in [0.2, 0.25) is 0 Å². The largest absolute Gasteiger partial charge is 0.271 e. The first kappa shape index (κ1) is 9.00. The van der Waals surface area contributed by atoms with Crippen molar-refractivity contribution in [2.75, 3.05) is 0 Å². The minimum atomic E-state index is 0.582. The molecular weight excluding hydrogens is 227 g/mol. The third-order valence-electron chi connectivity index (χ3n) is 1.30. The van der Waals surface area contributed by atoms with Gasteiger partial charge in [0, 0.05) is 16.0 Å². The molecule has 3 N–H and O–H groups in total. The molecule has 11 heavy (non-hydrogen) atoms. The van der Waals surface area contributed by atoms with Gasteiger partial charge in [-0.15, -0.1) is 0 Å². The Balaban J connectivity index is 2.93. The smallest absolute Gasteiger partial charge is 0.0452 e. The highest BCUT2D eigenvalue weighted by Crippen LogP contribution is 2.20. The second-order valence-corrected chi connectivity index (χ2v) is 3.44. The van der Waals surface area contributed by atoms with E-state index in [4.69, 9.17) is 17.4 Å². The highest BCUT2D eigenvalue weighted by atomic mass is 79.9. The van der Waals surface area contributed by atoms with Gasteiger partial charge in [0.15, 0.2) is 0 Å². The monoisotopic (exact) mass is 234 g/mol. The molecular formula is C7H8BrClN2. The predicted octanol–water partition coefficient (Wildman–Crippen LogP) is 2.07. The Morgan fingerprint density at radius 1 is 1.55 bits per heavy atom. The van der Waals surface area contributed by atoms with Crippen LogP contribution in [-0.2, 0) is 6.54 Å². The van der Waals surface area contributed by atoms with Gasteiger partial charge in [-0.25, -0.2) is 0 Å². The van der Waals surface area contributed by atoms with Crippen LogP contribution in [0.15, 0.2) is 22.7 Å². The third kappa shape index (κ3) is 2.45. The maximum atomic E-state index is 5.86. The second kappa shape index (κ2) is 4.07. The lowest BCUT2D eigenvalue weighted by atomic mass is 10.2. The van der Waals surface area contributed by atoms with Crippen LogP contribution in [-0.4, -0.2) is 0 Å². The molecule has 0 heterocycles. The molecule has 60 valence electrons. The van der Waals surface area contributed by atoms with Crippen LogP contribution in [0.25, 0.3) is 0 Å². The summed E-state index contributed by atoms with van der Waals surface area (Å²) in [7, 11) is 0. The van der Waals surface area contributed by atoms with E-state index in [-0.39, 0.29) is 0 Å². The Labute approximate surface area is 78.8 Å². The Morgan fingerprint density at radius 3 is 2.91 bits per heavy atom.